The Morgan fingerprint density at radius 3 is 2.25 bits per heavy atom. The minimum absolute atomic E-state index is 0. The van der Waals surface area contributed by atoms with Gasteiger partial charge in [0.25, 0.3) is 0 Å². The first-order valence-corrected chi connectivity index (χ1v) is 3.40. The molecule has 0 bridgehead atoms. The van der Waals surface area contributed by atoms with Gasteiger partial charge >= 0.3 is 21.7 Å². The maximum absolute atomic E-state index is 3.22. The standard InChI is InChI=1S/C6H8P.Ti/c1-5-3-7-4-6(5)2;/h3,7H,1-2H3;/q-1;+2. The van der Waals surface area contributed by atoms with Crippen molar-refractivity contribution in [2.75, 3.05) is 0 Å². The Kier molecular flexibility index (Phi) is 3.72. The molecule has 0 aliphatic heterocycles. The molecule has 0 radical (unpaired) electrons. The van der Waals surface area contributed by atoms with E-state index in [-0.39, 0.29) is 21.7 Å². The number of hydrogen-bond acceptors (Lipinski definition) is 0. The fourth-order valence-electron chi connectivity index (χ4n) is 0.459. The Hall–Kier alpha value is 0.494. The van der Waals surface area contributed by atoms with Gasteiger partial charge in [0, 0.05) is 0 Å². The second kappa shape index (κ2) is 3.51. The molecule has 1 aromatic rings. The van der Waals surface area contributed by atoms with Crippen LogP contribution in [0.15, 0.2) is 5.80 Å². The molecular weight excluding hydrogens is 151 g/mol. The Morgan fingerprint density at radius 1 is 1.50 bits per heavy atom. The minimum Gasteiger partial charge on any atom is -0.271 e. The van der Waals surface area contributed by atoms with Crippen molar-refractivity contribution in [3.8, 4) is 0 Å². The van der Waals surface area contributed by atoms with E-state index in [1.54, 1.807) is 0 Å². The summed E-state index contributed by atoms with van der Waals surface area (Å²) in [4.78, 5) is 0. The van der Waals surface area contributed by atoms with Crippen molar-refractivity contribution in [1.82, 2.24) is 0 Å². The molecule has 0 N–H and O–H groups in total. The molecule has 0 aliphatic carbocycles. The minimum atomic E-state index is 0. The van der Waals surface area contributed by atoms with Crippen molar-refractivity contribution in [1.29, 1.82) is 0 Å². The zero-order valence-electron chi connectivity index (χ0n) is 5.08. The fraction of sp³-hybridized carbons (Fsp3) is 0.333. The van der Waals surface area contributed by atoms with Crippen LogP contribution in [-0.4, -0.2) is 0 Å². The van der Waals surface area contributed by atoms with Crippen LogP contribution < -0.4 is 0 Å². The van der Waals surface area contributed by atoms with Gasteiger partial charge in [-0.3, -0.25) is 8.19 Å². The SMILES string of the molecule is Cc1[c-][pH]cc1C.[Ti+2]. The first kappa shape index (κ1) is 8.49. The first-order chi connectivity index (χ1) is 3.30. The molecule has 1 aromatic heterocycles. The summed E-state index contributed by atoms with van der Waals surface area (Å²) < 4.78 is 0. The summed E-state index contributed by atoms with van der Waals surface area (Å²) in [5.74, 6) is 5.44. The van der Waals surface area contributed by atoms with Crippen LogP contribution in [0.5, 0.6) is 0 Å². The van der Waals surface area contributed by atoms with Crippen LogP contribution >= 0.6 is 8.19 Å². The largest absolute Gasteiger partial charge is 2.00 e. The summed E-state index contributed by atoms with van der Waals surface area (Å²) in [5, 5.41) is 0. The summed E-state index contributed by atoms with van der Waals surface area (Å²) in [5.41, 5.74) is 2.73. The predicted molar refractivity (Wildman–Crippen MR) is 34.3 cm³/mol. The van der Waals surface area contributed by atoms with Gasteiger partial charge in [0.1, 0.15) is 0 Å². The average molecular weight is 159 g/mol. The molecule has 1 heterocycles. The molecule has 0 aromatic carbocycles. The maximum atomic E-state index is 3.22. The molecule has 0 aliphatic rings. The van der Waals surface area contributed by atoms with E-state index in [0.717, 1.165) is 8.19 Å². The van der Waals surface area contributed by atoms with Crippen molar-refractivity contribution >= 4 is 8.19 Å². The van der Waals surface area contributed by atoms with Crippen molar-refractivity contribution in [3.05, 3.63) is 22.7 Å². The molecule has 40 valence electrons. The smallest absolute Gasteiger partial charge is 0.271 e. The number of aryl methyl sites for hydroxylation is 2. The summed E-state index contributed by atoms with van der Waals surface area (Å²) in [6.07, 6.45) is 0. The summed E-state index contributed by atoms with van der Waals surface area (Å²) >= 11 is 0. The van der Waals surface area contributed by atoms with Crippen LogP contribution in [0.1, 0.15) is 11.1 Å². The van der Waals surface area contributed by atoms with Gasteiger partial charge in [-0.05, 0) is 0 Å². The third kappa shape index (κ3) is 1.78. The van der Waals surface area contributed by atoms with Crippen LogP contribution in [0.25, 0.3) is 0 Å². The maximum Gasteiger partial charge on any atom is 2.00 e. The summed E-state index contributed by atoms with van der Waals surface area (Å²) in [7, 11) is 0.820. The second-order valence-corrected chi connectivity index (χ2v) is 2.55. The van der Waals surface area contributed by atoms with E-state index in [1.165, 1.54) is 11.1 Å². The van der Waals surface area contributed by atoms with Crippen LogP contribution in [-0.2, 0) is 21.7 Å². The van der Waals surface area contributed by atoms with Crippen LogP contribution in [0.2, 0.25) is 0 Å². The van der Waals surface area contributed by atoms with Crippen LogP contribution in [0.4, 0.5) is 0 Å². The molecule has 0 nitrogen and oxygen atoms in total. The van der Waals surface area contributed by atoms with Crippen LogP contribution in [0.3, 0.4) is 0 Å². The normalized spacial score (nSPS) is 9.25. The Labute approximate surface area is 66.7 Å². The number of rotatable bonds is 0. The summed E-state index contributed by atoms with van der Waals surface area (Å²) in [6.45, 7) is 4.23. The topological polar surface area (TPSA) is 0 Å². The molecule has 0 amide bonds. The Bertz CT molecular complexity index is 141. The van der Waals surface area contributed by atoms with Gasteiger partial charge < -0.3 is 0 Å². The van der Waals surface area contributed by atoms with E-state index in [0.29, 0.717) is 0 Å². The van der Waals surface area contributed by atoms with Crippen molar-refractivity contribution in [2.24, 2.45) is 0 Å². The predicted octanol–water partition coefficient (Wildman–Crippen LogP) is 2.13. The molecule has 8 heavy (non-hydrogen) atoms. The van der Waals surface area contributed by atoms with Crippen molar-refractivity contribution < 1.29 is 21.7 Å². The molecule has 0 saturated carbocycles. The Morgan fingerprint density at radius 2 is 2.12 bits per heavy atom. The molecule has 1 atom stereocenters. The van der Waals surface area contributed by atoms with Gasteiger partial charge in [0.2, 0.25) is 0 Å². The molecule has 0 fully saturated rings. The zero-order valence-corrected chi connectivity index (χ0v) is 7.64. The quantitative estimate of drug-likeness (QED) is 0.401. The van der Waals surface area contributed by atoms with E-state index in [2.05, 4.69) is 25.4 Å². The first-order valence-electron chi connectivity index (χ1n) is 2.33. The molecule has 1 unspecified atom stereocenters. The van der Waals surface area contributed by atoms with Gasteiger partial charge in [-0.1, -0.05) is 13.8 Å². The van der Waals surface area contributed by atoms with Gasteiger partial charge in [0.05, 0.1) is 0 Å². The van der Waals surface area contributed by atoms with Gasteiger partial charge in [-0.25, -0.2) is 0 Å². The van der Waals surface area contributed by atoms with E-state index < -0.39 is 0 Å². The van der Waals surface area contributed by atoms with E-state index in [9.17, 15) is 0 Å². The molecule has 0 spiro atoms. The summed E-state index contributed by atoms with van der Waals surface area (Å²) in [6, 6.07) is 0. The third-order valence-electron chi connectivity index (χ3n) is 1.14. The molecular formula is C6H8PTi+. The average Bonchev–Trinajstić information content (AvgIpc) is 1.91. The van der Waals surface area contributed by atoms with Crippen LogP contribution in [0, 0.1) is 19.6 Å². The fourth-order valence-corrected chi connectivity index (χ4v) is 1.38. The van der Waals surface area contributed by atoms with E-state index in [1.807, 2.05) is 0 Å². The zero-order chi connectivity index (χ0) is 5.28. The molecule has 2 heteroatoms. The monoisotopic (exact) mass is 159 g/mol. The van der Waals surface area contributed by atoms with E-state index in [4.69, 9.17) is 0 Å². The van der Waals surface area contributed by atoms with Crippen molar-refractivity contribution in [2.45, 2.75) is 13.8 Å². The van der Waals surface area contributed by atoms with Crippen molar-refractivity contribution in [3.63, 3.8) is 0 Å². The molecule has 0 saturated heterocycles. The van der Waals surface area contributed by atoms with Gasteiger partial charge in [0.15, 0.2) is 0 Å². The third-order valence-corrected chi connectivity index (χ3v) is 2.24. The van der Waals surface area contributed by atoms with E-state index >= 15 is 0 Å². The molecule has 1 rings (SSSR count). The van der Waals surface area contributed by atoms with Gasteiger partial charge in [-0.2, -0.15) is 22.7 Å². The number of hydrogen-bond donors (Lipinski definition) is 0. The second-order valence-electron chi connectivity index (χ2n) is 1.72. The Balaban J connectivity index is 0.000000490. The van der Waals surface area contributed by atoms with Gasteiger partial charge in [-0.15, -0.1) is 0 Å².